The molecule has 0 aliphatic heterocycles. The van der Waals surface area contributed by atoms with Gasteiger partial charge in [-0.3, -0.25) is 4.79 Å². The van der Waals surface area contributed by atoms with Crippen molar-refractivity contribution < 1.29 is 13.9 Å². The van der Waals surface area contributed by atoms with E-state index >= 15 is 0 Å². The van der Waals surface area contributed by atoms with Crippen LogP contribution in [0, 0.1) is 0 Å². The number of hydrogen-bond donors (Lipinski definition) is 1. The summed E-state index contributed by atoms with van der Waals surface area (Å²) in [5, 5.41) is 2.89. The molecule has 0 bridgehead atoms. The Morgan fingerprint density at radius 2 is 1.93 bits per heavy atom. The molecule has 0 radical (unpaired) electrons. The van der Waals surface area contributed by atoms with E-state index < -0.39 is 0 Å². The lowest BCUT2D eigenvalue weighted by Gasteiger charge is -2.13. The summed E-state index contributed by atoms with van der Waals surface area (Å²) >= 11 is 3.42. The third kappa shape index (κ3) is 5.23. The Bertz CT molecular complexity index is 902. The van der Waals surface area contributed by atoms with Gasteiger partial charge in [-0.25, -0.2) is 0 Å². The molecule has 140 valence electrons. The number of carbonyl (C=O) groups is 1. The average molecular weight is 428 g/mol. The van der Waals surface area contributed by atoms with E-state index in [9.17, 15) is 4.79 Å². The van der Waals surface area contributed by atoms with Crippen molar-refractivity contribution in [2.75, 3.05) is 0 Å². The molecule has 1 heterocycles. The minimum absolute atomic E-state index is 0.114. The van der Waals surface area contributed by atoms with E-state index in [0.717, 1.165) is 22.2 Å². The van der Waals surface area contributed by atoms with Crippen molar-refractivity contribution in [1.29, 1.82) is 0 Å². The predicted octanol–water partition coefficient (Wildman–Crippen LogP) is 5.82. The first-order chi connectivity index (χ1) is 13.0. The van der Waals surface area contributed by atoms with Gasteiger partial charge < -0.3 is 14.5 Å². The van der Waals surface area contributed by atoms with Gasteiger partial charge in [-0.05, 0) is 55.8 Å². The highest BCUT2D eigenvalue weighted by Crippen LogP contribution is 2.24. The van der Waals surface area contributed by atoms with E-state index in [4.69, 9.17) is 9.15 Å². The molecule has 2 aromatic carbocycles. The number of carbonyl (C=O) groups excluding carboxylic acids is 1. The number of amides is 1. The maximum absolute atomic E-state index is 12.4. The Hall–Kier alpha value is -2.53. The van der Waals surface area contributed by atoms with Crippen LogP contribution < -0.4 is 10.1 Å². The van der Waals surface area contributed by atoms with Crippen molar-refractivity contribution in [3.8, 4) is 17.1 Å². The summed E-state index contributed by atoms with van der Waals surface area (Å²) in [4.78, 5) is 12.4. The first kappa shape index (κ1) is 19.2. The zero-order valence-corrected chi connectivity index (χ0v) is 17.0. The number of ether oxygens (including phenoxy) is 1. The molecule has 27 heavy (non-hydrogen) atoms. The Balaban J connectivity index is 1.61. The normalized spacial score (nSPS) is 11.8. The minimum Gasteiger partial charge on any atom is -0.491 e. The number of hydrogen-bond acceptors (Lipinski definition) is 3. The van der Waals surface area contributed by atoms with Crippen LogP contribution in [0.15, 0.2) is 69.6 Å². The lowest BCUT2D eigenvalue weighted by Crippen LogP contribution is -2.22. The molecule has 1 N–H and O–H groups in total. The molecular formula is C22H22BrNO3. The molecule has 4 nitrogen and oxygen atoms in total. The van der Waals surface area contributed by atoms with Crippen LogP contribution in [0.5, 0.6) is 5.75 Å². The van der Waals surface area contributed by atoms with Crippen LogP contribution in [-0.4, -0.2) is 12.0 Å². The molecule has 5 heteroatoms. The van der Waals surface area contributed by atoms with Gasteiger partial charge in [-0.1, -0.05) is 41.1 Å². The topological polar surface area (TPSA) is 51.5 Å². The van der Waals surface area contributed by atoms with E-state index in [-0.39, 0.29) is 12.0 Å². The zero-order chi connectivity index (χ0) is 19.2. The fraction of sp³-hybridized carbons (Fsp3) is 0.227. The third-order valence-corrected chi connectivity index (χ3v) is 4.75. The molecule has 0 saturated carbocycles. The molecule has 0 unspecified atom stereocenters. The van der Waals surface area contributed by atoms with Crippen molar-refractivity contribution in [2.24, 2.45) is 0 Å². The second-order valence-electron chi connectivity index (χ2n) is 6.32. The monoisotopic (exact) mass is 427 g/mol. The van der Waals surface area contributed by atoms with Crippen LogP contribution in [0.3, 0.4) is 0 Å². The maximum Gasteiger partial charge on any atom is 0.251 e. The molecule has 3 rings (SSSR count). The van der Waals surface area contributed by atoms with Gasteiger partial charge >= 0.3 is 0 Å². The Kier molecular flexibility index (Phi) is 6.35. The van der Waals surface area contributed by atoms with Gasteiger partial charge in [0.15, 0.2) is 0 Å². The van der Waals surface area contributed by atoms with Crippen LogP contribution in [0.25, 0.3) is 11.3 Å². The summed E-state index contributed by atoms with van der Waals surface area (Å²) in [5.41, 5.74) is 1.56. The quantitative estimate of drug-likeness (QED) is 0.516. The van der Waals surface area contributed by atoms with Gasteiger partial charge in [-0.2, -0.15) is 0 Å². The van der Waals surface area contributed by atoms with E-state index in [1.54, 1.807) is 12.1 Å². The van der Waals surface area contributed by atoms with Crippen LogP contribution in [0.4, 0.5) is 0 Å². The summed E-state index contributed by atoms with van der Waals surface area (Å²) in [6.45, 7) is 4.39. The van der Waals surface area contributed by atoms with Crippen molar-refractivity contribution in [3.05, 3.63) is 76.5 Å². The summed E-state index contributed by atoms with van der Waals surface area (Å²) < 4.78 is 12.6. The SMILES string of the molecule is CC[C@@H](C)Oc1cccc(C(=O)NCc2ccc(-c3ccc(Br)cc3)o2)c1. The van der Waals surface area contributed by atoms with E-state index in [1.165, 1.54) is 0 Å². The molecule has 0 aliphatic carbocycles. The van der Waals surface area contributed by atoms with Crippen molar-refractivity contribution in [2.45, 2.75) is 32.9 Å². The predicted molar refractivity (Wildman–Crippen MR) is 110 cm³/mol. The van der Waals surface area contributed by atoms with Gasteiger partial charge in [0.2, 0.25) is 0 Å². The summed E-state index contributed by atoms with van der Waals surface area (Å²) in [7, 11) is 0. The van der Waals surface area contributed by atoms with Gasteiger partial charge in [0, 0.05) is 15.6 Å². The molecule has 0 aliphatic rings. The highest BCUT2D eigenvalue weighted by Gasteiger charge is 2.10. The van der Waals surface area contributed by atoms with E-state index in [1.807, 2.05) is 55.5 Å². The van der Waals surface area contributed by atoms with Gasteiger partial charge in [-0.15, -0.1) is 0 Å². The average Bonchev–Trinajstić information content (AvgIpc) is 3.15. The first-order valence-corrected chi connectivity index (χ1v) is 9.74. The Morgan fingerprint density at radius 1 is 1.15 bits per heavy atom. The van der Waals surface area contributed by atoms with Crippen LogP contribution in [0.2, 0.25) is 0 Å². The van der Waals surface area contributed by atoms with Gasteiger partial charge in [0.1, 0.15) is 17.3 Å². The lowest BCUT2D eigenvalue weighted by atomic mass is 10.2. The smallest absolute Gasteiger partial charge is 0.251 e. The lowest BCUT2D eigenvalue weighted by molar-refractivity contribution is 0.0947. The highest BCUT2D eigenvalue weighted by atomic mass is 79.9. The summed E-state index contributed by atoms with van der Waals surface area (Å²) in [5.74, 6) is 2.02. The fourth-order valence-corrected chi connectivity index (χ4v) is 2.80. The standard InChI is InChI=1S/C22H22BrNO3/c1-3-15(2)26-19-6-4-5-17(13-19)22(25)24-14-20-11-12-21(27-20)16-7-9-18(23)10-8-16/h4-13,15H,3,14H2,1-2H3,(H,24,25)/t15-/m1/s1. The van der Waals surface area contributed by atoms with Gasteiger partial charge in [0.05, 0.1) is 12.6 Å². The van der Waals surface area contributed by atoms with Crippen molar-refractivity contribution >= 4 is 21.8 Å². The highest BCUT2D eigenvalue weighted by molar-refractivity contribution is 9.10. The molecule has 3 aromatic rings. The first-order valence-electron chi connectivity index (χ1n) is 8.94. The van der Waals surface area contributed by atoms with Crippen LogP contribution in [-0.2, 0) is 6.54 Å². The zero-order valence-electron chi connectivity index (χ0n) is 15.4. The number of rotatable bonds is 7. The molecule has 1 amide bonds. The van der Waals surface area contributed by atoms with E-state index in [0.29, 0.717) is 23.6 Å². The summed E-state index contributed by atoms with van der Waals surface area (Å²) in [6.07, 6.45) is 1.03. The Labute approximate surface area is 167 Å². The Morgan fingerprint density at radius 3 is 2.67 bits per heavy atom. The summed E-state index contributed by atoms with van der Waals surface area (Å²) in [6, 6.07) is 18.9. The van der Waals surface area contributed by atoms with Crippen molar-refractivity contribution in [1.82, 2.24) is 5.32 Å². The fourth-order valence-electron chi connectivity index (χ4n) is 2.54. The van der Waals surface area contributed by atoms with Crippen molar-refractivity contribution in [3.63, 3.8) is 0 Å². The number of nitrogens with one attached hydrogen (secondary N) is 1. The minimum atomic E-state index is -0.161. The largest absolute Gasteiger partial charge is 0.491 e. The molecule has 0 fully saturated rings. The number of furan rings is 1. The molecule has 0 spiro atoms. The van der Waals surface area contributed by atoms with E-state index in [2.05, 4.69) is 28.2 Å². The van der Waals surface area contributed by atoms with Gasteiger partial charge in [0.25, 0.3) is 5.91 Å². The molecule has 0 saturated heterocycles. The van der Waals surface area contributed by atoms with Crippen LogP contribution >= 0.6 is 15.9 Å². The number of benzene rings is 2. The maximum atomic E-state index is 12.4. The second kappa shape index (κ2) is 8.91. The van der Waals surface area contributed by atoms with Crippen LogP contribution in [0.1, 0.15) is 36.4 Å². The second-order valence-corrected chi connectivity index (χ2v) is 7.24. The molecule has 1 atom stereocenters. The molecule has 1 aromatic heterocycles. The molecular weight excluding hydrogens is 406 g/mol. The number of halogens is 1. The third-order valence-electron chi connectivity index (χ3n) is 4.22.